The number of ether oxygens (including phenoxy) is 1. The fraction of sp³-hybridized carbons (Fsp3) is 0.526. The van der Waals surface area contributed by atoms with Gasteiger partial charge in [0.15, 0.2) is 0 Å². The molecule has 1 heterocycles. The zero-order valence-electron chi connectivity index (χ0n) is 13.4. The van der Waals surface area contributed by atoms with Crippen LogP contribution in [-0.2, 0) is 4.74 Å². The first kappa shape index (κ1) is 16.0. The maximum Gasteiger partial charge on any atom is 0.254 e. The summed E-state index contributed by atoms with van der Waals surface area (Å²) in [6.45, 7) is 1.21. The SMILES string of the molecule is C#CC(c1ccc(C(=O)N2CCC(OC)C2)cc1F)C1CCC1. The van der Waals surface area contributed by atoms with Gasteiger partial charge in [-0.3, -0.25) is 4.79 Å². The number of carbonyl (C=O) groups excluding carboxylic acids is 1. The molecule has 2 atom stereocenters. The van der Waals surface area contributed by atoms with Crippen LogP contribution in [0.25, 0.3) is 0 Å². The third-order valence-corrected chi connectivity index (χ3v) is 5.15. The van der Waals surface area contributed by atoms with Gasteiger partial charge in [0.2, 0.25) is 0 Å². The van der Waals surface area contributed by atoms with Gasteiger partial charge in [-0.15, -0.1) is 6.42 Å². The third kappa shape index (κ3) is 3.11. The molecule has 1 aromatic rings. The molecule has 0 bridgehead atoms. The molecule has 122 valence electrons. The summed E-state index contributed by atoms with van der Waals surface area (Å²) in [5.41, 5.74) is 0.928. The normalized spacial score (nSPS) is 22.5. The van der Waals surface area contributed by atoms with Crippen molar-refractivity contribution in [1.82, 2.24) is 4.90 Å². The summed E-state index contributed by atoms with van der Waals surface area (Å²) in [6, 6.07) is 4.72. The Morgan fingerprint density at radius 1 is 1.43 bits per heavy atom. The van der Waals surface area contributed by atoms with E-state index in [4.69, 9.17) is 11.2 Å². The Kier molecular flexibility index (Phi) is 4.68. The van der Waals surface area contributed by atoms with Gasteiger partial charge in [0.05, 0.1) is 12.0 Å². The van der Waals surface area contributed by atoms with Crippen molar-refractivity contribution in [3.63, 3.8) is 0 Å². The standard InChI is InChI=1S/C19H22FNO2/c1-3-16(13-5-4-6-13)17-8-7-14(11-18(17)20)19(22)21-10-9-15(12-21)23-2/h1,7-8,11,13,15-16H,4-6,9-10,12H2,2H3. The number of terminal acetylenes is 1. The molecule has 0 radical (unpaired) electrons. The van der Waals surface area contributed by atoms with Crippen molar-refractivity contribution in [3.05, 3.63) is 35.1 Å². The highest BCUT2D eigenvalue weighted by molar-refractivity contribution is 5.94. The monoisotopic (exact) mass is 315 g/mol. The predicted molar refractivity (Wildman–Crippen MR) is 86.6 cm³/mol. The van der Waals surface area contributed by atoms with Gasteiger partial charge in [-0.1, -0.05) is 18.4 Å². The number of carbonyl (C=O) groups is 1. The zero-order chi connectivity index (χ0) is 16.4. The highest BCUT2D eigenvalue weighted by atomic mass is 19.1. The zero-order valence-corrected chi connectivity index (χ0v) is 13.4. The fourth-order valence-electron chi connectivity index (χ4n) is 3.45. The van der Waals surface area contributed by atoms with Gasteiger partial charge in [-0.2, -0.15) is 0 Å². The first-order chi connectivity index (χ1) is 11.1. The van der Waals surface area contributed by atoms with Gasteiger partial charge in [-0.25, -0.2) is 4.39 Å². The van der Waals surface area contributed by atoms with Crippen LogP contribution in [0.3, 0.4) is 0 Å². The number of likely N-dealkylation sites (tertiary alicyclic amines) is 1. The van der Waals surface area contributed by atoms with E-state index in [-0.39, 0.29) is 23.7 Å². The fourth-order valence-corrected chi connectivity index (χ4v) is 3.45. The highest BCUT2D eigenvalue weighted by Gasteiger charge is 2.30. The van der Waals surface area contributed by atoms with Crippen molar-refractivity contribution < 1.29 is 13.9 Å². The second-order valence-corrected chi connectivity index (χ2v) is 6.47. The molecule has 23 heavy (non-hydrogen) atoms. The number of nitrogens with zero attached hydrogens (tertiary/aromatic N) is 1. The number of methoxy groups -OCH3 is 1. The molecular formula is C19H22FNO2. The molecule has 3 rings (SSSR count). The van der Waals surface area contributed by atoms with Crippen molar-refractivity contribution >= 4 is 5.91 Å². The average molecular weight is 315 g/mol. The van der Waals surface area contributed by atoms with Crippen LogP contribution in [0.15, 0.2) is 18.2 Å². The summed E-state index contributed by atoms with van der Waals surface area (Å²) >= 11 is 0. The van der Waals surface area contributed by atoms with E-state index in [1.54, 1.807) is 24.1 Å². The van der Waals surface area contributed by atoms with E-state index in [1.165, 1.54) is 6.07 Å². The van der Waals surface area contributed by atoms with E-state index in [9.17, 15) is 9.18 Å². The van der Waals surface area contributed by atoms with Crippen LogP contribution in [0.1, 0.15) is 47.5 Å². The molecule has 2 aliphatic rings. The van der Waals surface area contributed by atoms with E-state index in [0.717, 1.165) is 25.7 Å². The molecule has 3 nitrogen and oxygen atoms in total. The number of amides is 1. The summed E-state index contributed by atoms with van der Waals surface area (Å²) < 4.78 is 19.8. The van der Waals surface area contributed by atoms with Gasteiger partial charge in [0.1, 0.15) is 5.82 Å². The van der Waals surface area contributed by atoms with Crippen molar-refractivity contribution in [2.75, 3.05) is 20.2 Å². The first-order valence-corrected chi connectivity index (χ1v) is 8.21. The van der Waals surface area contributed by atoms with Crippen LogP contribution >= 0.6 is 0 Å². The minimum atomic E-state index is -0.367. The number of halogens is 1. The largest absolute Gasteiger partial charge is 0.380 e. The average Bonchev–Trinajstić information content (AvgIpc) is 2.99. The third-order valence-electron chi connectivity index (χ3n) is 5.15. The smallest absolute Gasteiger partial charge is 0.254 e. The minimum Gasteiger partial charge on any atom is -0.380 e. The maximum atomic E-state index is 14.5. The first-order valence-electron chi connectivity index (χ1n) is 8.21. The Balaban J connectivity index is 1.76. The summed E-state index contributed by atoms with van der Waals surface area (Å²) in [4.78, 5) is 14.2. The molecule has 4 heteroatoms. The molecule has 2 fully saturated rings. The Bertz CT molecular complexity index is 633. The lowest BCUT2D eigenvalue weighted by Crippen LogP contribution is -2.30. The van der Waals surface area contributed by atoms with Crippen molar-refractivity contribution in [3.8, 4) is 12.3 Å². The summed E-state index contributed by atoms with van der Waals surface area (Å²) in [6.07, 6.45) is 9.78. The summed E-state index contributed by atoms with van der Waals surface area (Å²) in [5.74, 6) is 2.41. The van der Waals surface area contributed by atoms with E-state index < -0.39 is 0 Å². The van der Waals surface area contributed by atoms with Crippen molar-refractivity contribution in [2.45, 2.75) is 37.7 Å². The lowest BCUT2D eigenvalue weighted by Gasteiger charge is -2.31. The Morgan fingerprint density at radius 2 is 2.22 bits per heavy atom. The van der Waals surface area contributed by atoms with E-state index in [0.29, 0.717) is 30.1 Å². The lowest BCUT2D eigenvalue weighted by atomic mass is 9.73. The molecule has 0 aromatic heterocycles. The molecule has 1 amide bonds. The molecule has 0 N–H and O–H groups in total. The van der Waals surface area contributed by atoms with Gasteiger partial charge in [-0.05, 0) is 37.3 Å². The Morgan fingerprint density at radius 3 is 2.74 bits per heavy atom. The Labute approximate surface area is 136 Å². The minimum absolute atomic E-state index is 0.0764. The molecule has 1 aliphatic heterocycles. The number of rotatable bonds is 4. The molecule has 2 unspecified atom stereocenters. The van der Waals surface area contributed by atoms with Crippen LogP contribution in [-0.4, -0.2) is 37.1 Å². The number of benzene rings is 1. The van der Waals surface area contributed by atoms with Gasteiger partial charge < -0.3 is 9.64 Å². The highest BCUT2D eigenvalue weighted by Crippen LogP contribution is 2.39. The quantitative estimate of drug-likeness (QED) is 0.799. The summed E-state index contributed by atoms with van der Waals surface area (Å²) in [7, 11) is 1.65. The van der Waals surface area contributed by atoms with Crippen LogP contribution < -0.4 is 0 Å². The van der Waals surface area contributed by atoms with Crippen LogP contribution in [0.5, 0.6) is 0 Å². The molecule has 1 aliphatic carbocycles. The Hall–Kier alpha value is -1.86. The second kappa shape index (κ2) is 6.72. The number of hydrogen-bond donors (Lipinski definition) is 0. The van der Waals surface area contributed by atoms with Crippen molar-refractivity contribution in [1.29, 1.82) is 0 Å². The maximum absolute atomic E-state index is 14.5. The molecule has 1 saturated carbocycles. The van der Waals surface area contributed by atoms with Gasteiger partial charge in [0, 0.05) is 31.3 Å². The van der Waals surface area contributed by atoms with Gasteiger partial charge in [0.25, 0.3) is 5.91 Å². The molecule has 1 saturated heterocycles. The van der Waals surface area contributed by atoms with Crippen LogP contribution in [0.2, 0.25) is 0 Å². The summed E-state index contributed by atoms with van der Waals surface area (Å²) in [5, 5.41) is 0. The van der Waals surface area contributed by atoms with Crippen LogP contribution in [0, 0.1) is 24.1 Å². The van der Waals surface area contributed by atoms with Gasteiger partial charge >= 0.3 is 0 Å². The van der Waals surface area contributed by atoms with Crippen LogP contribution in [0.4, 0.5) is 4.39 Å². The topological polar surface area (TPSA) is 29.5 Å². The van der Waals surface area contributed by atoms with E-state index in [1.807, 2.05) is 0 Å². The molecule has 0 spiro atoms. The second-order valence-electron chi connectivity index (χ2n) is 6.47. The lowest BCUT2D eigenvalue weighted by molar-refractivity contribution is 0.0723. The predicted octanol–water partition coefficient (Wildman–Crippen LogP) is 3.20. The van der Waals surface area contributed by atoms with E-state index in [2.05, 4.69) is 5.92 Å². The van der Waals surface area contributed by atoms with Crippen molar-refractivity contribution in [2.24, 2.45) is 5.92 Å². The van der Waals surface area contributed by atoms with E-state index >= 15 is 0 Å². The number of hydrogen-bond acceptors (Lipinski definition) is 2. The molecule has 1 aromatic carbocycles. The molecular weight excluding hydrogens is 293 g/mol.